The highest BCUT2D eigenvalue weighted by Crippen LogP contribution is 2.27. The van der Waals surface area contributed by atoms with Gasteiger partial charge in [0.25, 0.3) is 0 Å². The van der Waals surface area contributed by atoms with E-state index in [0.717, 1.165) is 12.0 Å². The lowest BCUT2D eigenvalue weighted by molar-refractivity contribution is 0.377. The zero-order chi connectivity index (χ0) is 9.84. The van der Waals surface area contributed by atoms with Crippen LogP contribution in [0.3, 0.4) is 0 Å². The van der Waals surface area contributed by atoms with Crippen molar-refractivity contribution >= 4 is 12.4 Å². The molecule has 0 aliphatic rings. The summed E-state index contributed by atoms with van der Waals surface area (Å²) in [4.78, 5) is 0. The molecule has 1 rings (SSSR count). The summed E-state index contributed by atoms with van der Waals surface area (Å²) in [6.07, 6.45) is 0.764. The summed E-state index contributed by atoms with van der Waals surface area (Å²) in [6.45, 7) is 1.95. The van der Waals surface area contributed by atoms with E-state index in [1.165, 1.54) is 13.2 Å². The Morgan fingerprint density at radius 2 is 2.14 bits per heavy atom. The molecule has 0 heterocycles. The minimum atomic E-state index is -0.357. The molecule has 0 aliphatic heterocycles. The minimum absolute atomic E-state index is 0. The van der Waals surface area contributed by atoms with E-state index in [-0.39, 0.29) is 30.0 Å². The normalized spacial score (nSPS) is 11.7. The van der Waals surface area contributed by atoms with Gasteiger partial charge >= 0.3 is 0 Å². The first-order valence-corrected chi connectivity index (χ1v) is 4.28. The molecule has 0 fully saturated rings. The average molecular weight is 220 g/mol. The van der Waals surface area contributed by atoms with Gasteiger partial charge < -0.3 is 10.5 Å². The molecule has 80 valence electrons. The lowest BCUT2D eigenvalue weighted by Crippen LogP contribution is -2.10. The molecule has 0 saturated carbocycles. The van der Waals surface area contributed by atoms with Crippen LogP contribution in [-0.2, 0) is 0 Å². The quantitative estimate of drug-likeness (QED) is 0.849. The van der Waals surface area contributed by atoms with E-state index in [4.69, 9.17) is 10.5 Å². The topological polar surface area (TPSA) is 35.2 Å². The van der Waals surface area contributed by atoms with Crippen LogP contribution in [0.2, 0.25) is 0 Å². The van der Waals surface area contributed by atoms with Crippen molar-refractivity contribution in [3.05, 3.63) is 29.6 Å². The zero-order valence-electron chi connectivity index (χ0n) is 8.29. The molecule has 0 unspecified atom stereocenters. The third-order valence-corrected chi connectivity index (χ3v) is 2.04. The third-order valence-electron chi connectivity index (χ3n) is 2.04. The van der Waals surface area contributed by atoms with Crippen molar-refractivity contribution in [2.45, 2.75) is 19.4 Å². The smallest absolute Gasteiger partial charge is 0.165 e. The molecule has 0 amide bonds. The molecular formula is C10H15ClFNO. The first kappa shape index (κ1) is 13.2. The van der Waals surface area contributed by atoms with Crippen molar-refractivity contribution in [2.75, 3.05) is 7.11 Å². The Labute approximate surface area is 89.7 Å². The Bertz CT molecular complexity index is 293. The van der Waals surface area contributed by atoms with Crippen molar-refractivity contribution in [2.24, 2.45) is 5.73 Å². The fourth-order valence-electron chi connectivity index (χ4n) is 1.25. The van der Waals surface area contributed by atoms with E-state index < -0.39 is 0 Å². The Balaban J connectivity index is 0.00000169. The molecule has 0 saturated heterocycles. The SMILES string of the molecule is CC[C@@H](N)c1cccc(F)c1OC.Cl. The van der Waals surface area contributed by atoms with Crippen LogP contribution in [0, 0.1) is 5.82 Å². The summed E-state index contributed by atoms with van der Waals surface area (Å²) in [5, 5.41) is 0. The summed E-state index contributed by atoms with van der Waals surface area (Å²) in [6, 6.07) is 4.63. The molecule has 0 radical (unpaired) electrons. The highest BCUT2D eigenvalue weighted by Gasteiger charge is 2.13. The first-order valence-electron chi connectivity index (χ1n) is 4.28. The van der Waals surface area contributed by atoms with Crippen LogP contribution in [0.1, 0.15) is 24.9 Å². The second-order valence-corrected chi connectivity index (χ2v) is 2.88. The van der Waals surface area contributed by atoms with Crippen molar-refractivity contribution in [1.82, 2.24) is 0 Å². The zero-order valence-corrected chi connectivity index (χ0v) is 9.10. The summed E-state index contributed by atoms with van der Waals surface area (Å²) in [5.74, 6) is -0.0965. The maximum atomic E-state index is 13.2. The van der Waals surface area contributed by atoms with Gasteiger partial charge in [0.2, 0.25) is 0 Å². The van der Waals surface area contributed by atoms with Crippen molar-refractivity contribution in [3.63, 3.8) is 0 Å². The van der Waals surface area contributed by atoms with Gasteiger partial charge in [-0.1, -0.05) is 19.1 Å². The largest absolute Gasteiger partial charge is 0.493 e. The molecule has 2 N–H and O–H groups in total. The van der Waals surface area contributed by atoms with Crippen LogP contribution in [0.25, 0.3) is 0 Å². The Morgan fingerprint density at radius 1 is 1.50 bits per heavy atom. The van der Waals surface area contributed by atoms with E-state index in [0.29, 0.717) is 0 Å². The predicted molar refractivity (Wildman–Crippen MR) is 57.4 cm³/mol. The lowest BCUT2D eigenvalue weighted by atomic mass is 10.0. The monoisotopic (exact) mass is 219 g/mol. The average Bonchev–Trinajstić information content (AvgIpc) is 2.16. The number of halogens is 2. The van der Waals surface area contributed by atoms with Crippen LogP contribution in [-0.4, -0.2) is 7.11 Å². The second kappa shape index (κ2) is 5.83. The number of nitrogens with two attached hydrogens (primary N) is 1. The predicted octanol–water partition coefficient (Wildman–Crippen LogP) is 2.67. The first-order chi connectivity index (χ1) is 6.20. The van der Waals surface area contributed by atoms with Crippen LogP contribution < -0.4 is 10.5 Å². The van der Waals surface area contributed by atoms with Crippen molar-refractivity contribution < 1.29 is 9.13 Å². The highest BCUT2D eigenvalue weighted by molar-refractivity contribution is 5.85. The molecule has 1 aromatic carbocycles. The number of rotatable bonds is 3. The molecule has 0 aliphatic carbocycles. The summed E-state index contributed by atoms with van der Waals surface area (Å²) >= 11 is 0. The molecule has 14 heavy (non-hydrogen) atoms. The summed E-state index contributed by atoms with van der Waals surface area (Å²) in [7, 11) is 1.45. The number of ether oxygens (including phenoxy) is 1. The summed E-state index contributed by atoms with van der Waals surface area (Å²) in [5.41, 5.74) is 6.52. The minimum Gasteiger partial charge on any atom is -0.493 e. The molecular weight excluding hydrogens is 205 g/mol. The number of hydrogen-bond donors (Lipinski definition) is 1. The molecule has 4 heteroatoms. The molecule has 1 atom stereocenters. The van der Waals surface area contributed by atoms with Gasteiger partial charge in [0, 0.05) is 11.6 Å². The fourth-order valence-corrected chi connectivity index (χ4v) is 1.25. The maximum Gasteiger partial charge on any atom is 0.165 e. The van der Waals surface area contributed by atoms with Gasteiger partial charge in [-0.2, -0.15) is 0 Å². The van der Waals surface area contributed by atoms with Crippen molar-refractivity contribution in [1.29, 1.82) is 0 Å². The van der Waals surface area contributed by atoms with E-state index in [9.17, 15) is 4.39 Å². The standard InChI is InChI=1S/C10H14FNO.ClH/c1-3-9(12)7-5-4-6-8(11)10(7)13-2;/h4-6,9H,3,12H2,1-2H3;1H/t9-;/m1./s1. The molecule has 0 spiro atoms. The van der Waals surface area contributed by atoms with Crippen molar-refractivity contribution in [3.8, 4) is 5.75 Å². The fraction of sp³-hybridized carbons (Fsp3) is 0.400. The Hall–Kier alpha value is -0.800. The van der Waals surface area contributed by atoms with E-state index in [2.05, 4.69) is 0 Å². The number of benzene rings is 1. The van der Waals surface area contributed by atoms with Gasteiger partial charge in [0.05, 0.1) is 7.11 Å². The van der Waals surface area contributed by atoms with Gasteiger partial charge in [-0.3, -0.25) is 0 Å². The molecule has 2 nitrogen and oxygen atoms in total. The van der Waals surface area contributed by atoms with Crippen LogP contribution in [0.5, 0.6) is 5.75 Å². The summed E-state index contributed by atoms with van der Waals surface area (Å²) < 4.78 is 18.1. The van der Waals surface area contributed by atoms with Gasteiger partial charge in [-0.15, -0.1) is 12.4 Å². The van der Waals surface area contributed by atoms with Crippen LogP contribution in [0.15, 0.2) is 18.2 Å². The van der Waals surface area contributed by atoms with Crippen LogP contribution >= 0.6 is 12.4 Å². The number of hydrogen-bond acceptors (Lipinski definition) is 2. The lowest BCUT2D eigenvalue weighted by Gasteiger charge is -2.13. The number of para-hydroxylation sites is 1. The Morgan fingerprint density at radius 3 is 2.64 bits per heavy atom. The third kappa shape index (κ3) is 2.59. The molecule has 0 bridgehead atoms. The molecule has 0 aromatic heterocycles. The maximum absolute atomic E-state index is 13.2. The van der Waals surface area contributed by atoms with E-state index in [1.54, 1.807) is 12.1 Å². The van der Waals surface area contributed by atoms with Gasteiger partial charge in [0.1, 0.15) is 0 Å². The van der Waals surface area contributed by atoms with Gasteiger partial charge in [0.15, 0.2) is 11.6 Å². The highest BCUT2D eigenvalue weighted by atomic mass is 35.5. The molecule has 1 aromatic rings. The Kier molecular flexibility index (Phi) is 5.50. The van der Waals surface area contributed by atoms with Gasteiger partial charge in [-0.25, -0.2) is 4.39 Å². The second-order valence-electron chi connectivity index (χ2n) is 2.88. The number of methoxy groups -OCH3 is 1. The van der Waals surface area contributed by atoms with E-state index in [1.807, 2.05) is 6.92 Å². The van der Waals surface area contributed by atoms with Crippen LogP contribution in [0.4, 0.5) is 4.39 Å². The van der Waals surface area contributed by atoms with Gasteiger partial charge in [-0.05, 0) is 12.5 Å². The van der Waals surface area contributed by atoms with E-state index >= 15 is 0 Å².